The van der Waals surface area contributed by atoms with Crippen molar-refractivity contribution in [2.75, 3.05) is 6.54 Å². The van der Waals surface area contributed by atoms with Gasteiger partial charge in [-0.25, -0.2) is 0 Å². The molecule has 2 aromatic rings. The van der Waals surface area contributed by atoms with Gasteiger partial charge in [-0.15, -0.1) is 0 Å². The maximum Gasteiger partial charge on any atom is 0.0837 e. The van der Waals surface area contributed by atoms with Gasteiger partial charge in [0.25, 0.3) is 0 Å². The summed E-state index contributed by atoms with van der Waals surface area (Å²) in [6, 6.07) is 10.5. The van der Waals surface area contributed by atoms with E-state index in [1.807, 2.05) is 10.7 Å². The zero-order chi connectivity index (χ0) is 14.4. The van der Waals surface area contributed by atoms with Gasteiger partial charge in [0, 0.05) is 6.54 Å². The second kappa shape index (κ2) is 7.46. The van der Waals surface area contributed by atoms with Gasteiger partial charge in [-0.05, 0) is 24.9 Å². The molecule has 1 aromatic carbocycles. The maximum atomic E-state index is 6.38. The SMILES string of the molecule is CCCNC(c1ccccc1)c1c(Cl)cnn1CCC. The number of benzene rings is 1. The van der Waals surface area contributed by atoms with E-state index >= 15 is 0 Å². The fraction of sp³-hybridized carbons (Fsp3) is 0.438. The van der Waals surface area contributed by atoms with Crippen LogP contribution in [0.2, 0.25) is 5.02 Å². The molecule has 0 aliphatic rings. The van der Waals surface area contributed by atoms with Gasteiger partial charge in [-0.3, -0.25) is 4.68 Å². The van der Waals surface area contributed by atoms with Crippen LogP contribution in [0.25, 0.3) is 0 Å². The van der Waals surface area contributed by atoms with E-state index in [1.54, 1.807) is 6.20 Å². The summed E-state index contributed by atoms with van der Waals surface area (Å²) in [4.78, 5) is 0. The van der Waals surface area contributed by atoms with Crippen molar-refractivity contribution in [1.29, 1.82) is 0 Å². The van der Waals surface area contributed by atoms with E-state index in [2.05, 4.69) is 48.5 Å². The highest BCUT2D eigenvalue weighted by atomic mass is 35.5. The van der Waals surface area contributed by atoms with Gasteiger partial charge < -0.3 is 5.32 Å². The molecule has 0 saturated heterocycles. The molecule has 0 saturated carbocycles. The van der Waals surface area contributed by atoms with Crippen molar-refractivity contribution < 1.29 is 0 Å². The van der Waals surface area contributed by atoms with Gasteiger partial charge in [-0.2, -0.15) is 5.10 Å². The fourth-order valence-electron chi connectivity index (χ4n) is 2.36. The highest BCUT2D eigenvalue weighted by Crippen LogP contribution is 2.28. The molecule has 1 atom stereocenters. The van der Waals surface area contributed by atoms with Crippen LogP contribution in [0.3, 0.4) is 0 Å². The van der Waals surface area contributed by atoms with E-state index in [9.17, 15) is 0 Å². The summed E-state index contributed by atoms with van der Waals surface area (Å²) in [5.74, 6) is 0. The summed E-state index contributed by atoms with van der Waals surface area (Å²) >= 11 is 6.38. The maximum absolute atomic E-state index is 6.38. The second-order valence-corrected chi connectivity index (χ2v) is 5.31. The molecule has 0 fully saturated rings. The Labute approximate surface area is 126 Å². The number of hydrogen-bond donors (Lipinski definition) is 1. The number of aromatic nitrogens is 2. The zero-order valence-electron chi connectivity index (χ0n) is 12.1. The van der Waals surface area contributed by atoms with Crippen LogP contribution in [-0.4, -0.2) is 16.3 Å². The molecule has 3 nitrogen and oxygen atoms in total. The minimum absolute atomic E-state index is 0.0951. The van der Waals surface area contributed by atoms with Gasteiger partial charge in [0.1, 0.15) is 0 Å². The number of hydrogen-bond acceptors (Lipinski definition) is 2. The molecule has 1 N–H and O–H groups in total. The highest BCUT2D eigenvalue weighted by molar-refractivity contribution is 6.31. The van der Waals surface area contributed by atoms with E-state index in [1.165, 1.54) is 5.56 Å². The summed E-state index contributed by atoms with van der Waals surface area (Å²) < 4.78 is 2.02. The Morgan fingerprint density at radius 3 is 2.60 bits per heavy atom. The second-order valence-electron chi connectivity index (χ2n) is 4.90. The third-order valence-electron chi connectivity index (χ3n) is 3.27. The van der Waals surface area contributed by atoms with Crippen molar-refractivity contribution in [3.05, 3.63) is 52.8 Å². The van der Waals surface area contributed by atoms with E-state index < -0.39 is 0 Å². The Kier molecular flexibility index (Phi) is 5.62. The molecule has 0 aliphatic heterocycles. The average Bonchev–Trinajstić information content (AvgIpc) is 2.83. The zero-order valence-corrected chi connectivity index (χ0v) is 12.9. The van der Waals surface area contributed by atoms with Crippen LogP contribution in [0.1, 0.15) is 44.0 Å². The van der Waals surface area contributed by atoms with Crippen molar-refractivity contribution in [3.63, 3.8) is 0 Å². The lowest BCUT2D eigenvalue weighted by Gasteiger charge is -2.21. The third-order valence-corrected chi connectivity index (χ3v) is 3.56. The van der Waals surface area contributed by atoms with Crippen molar-refractivity contribution in [2.45, 2.75) is 39.3 Å². The van der Waals surface area contributed by atoms with Gasteiger partial charge in [0.05, 0.1) is 23.0 Å². The molecule has 0 aliphatic carbocycles. The molecular weight excluding hydrogens is 270 g/mol. The Morgan fingerprint density at radius 1 is 1.20 bits per heavy atom. The van der Waals surface area contributed by atoms with Crippen molar-refractivity contribution in [1.82, 2.24) is 15.1 Å². The molecule has 0 spiro atoms. The smallest absolute Gasteiger partial charge is 0.0837 e. The first kappa shape index (κ1) is 15.1. The van der Waals surface area contributed by atoms with E-state index in [0.717, 1.165) is 36.6 Å². The highest BCUT2D eigenvalue weighted by Gasteiger charge is 2.21. The Bertz CT molecular complexity index is 522. The molecule has 0 radical (unpaired) electrons. The lowest BCUT2D eigenvalue weighted by atomic mass is 10.0. The van der Waals surface area contributed by atoms with Crippen LogP contribution < -0.4 is 5.32 Å². The summed E-state index contributed by atoms with van der Waals surface area (Å²) in [7, 11) is 0. The van der Waals surface area contributed by atoms with Gasteiger partial charge in [-0.1, -0.05) is 55.8 Å². The van der Waals surface area contributed by atoms with Crippen LogP contribution in [0, 0.1) is 0 Å². The summed E-state index contributed by atoms with van der Waals surface area (Å²) in [6.45, 7) is 6.16. The Morgan fingerprint density at radius 2 is 1.95 bits per heavy atom. The fourth-order valence-corrected chi connectivity index (χ4v) is 2.61. The molecule has 0 amide bonds. The summed E-state index contributed by atoms with van der Waals surface area (Å²) in [6.07, 6.45) is 3.87. The van der Waals surface area contributed by atoms with Crippen molar-refractivity contribution >= 4 is 11.6 Å². The molecular formula is C16H22ClN3. The summed E-state index contributed by atoms with van der Waals surface area (Å²) in [5, 5.41) is 8.72. The van der Waals surface area contributed by atoms with E-state index in [0.29, 0.717) is 0 Å². The predicted molar refractivity (Wildman–Crippen MR) is 84.1 cm³/mol. The summed E-state index contributed by atoms with van der Waals surface area (Å²) in [5.41, 5.74) is 2.29. The monoisotopic (exact) mass is 291 g/mol. The minimum atomic E-state index is 0.0951. The third kappa shape index (κ3) is 3.41. The molecule has 1 unspecified atom stereocenters. The first-order valence-electron chi connectivity index (χ1n) is 7.27. The number of rotatable bonds is 7. The van der Waals surface area contributed by atoms with Crippen LogP contribution in [-0.2, 0) is 6.54 Å². The van der Waals surface area contributed by atoms with Gasteiger partial charge in [0.15, 0.2) is 0 Å². The molecule has 2 rings (SSSR count). The molecule has 1 aromatic heterocycles. The van der Waals surface area contributed by atoms with Gasteiger partial charge >= 0.3 is 0 Å². The average molecular weight is 292 g/mol. The van der Waals surface area contributed by atoms with Crippen LogP contribution >= 0.6 is 11.6 Å². The first-order valence-corrected chi connectivity index (χ1v) is 7.65. The molecule has 1 heterocycles. The topological polar surface area (TPSA) is 29.9 Å². The largest absolute Gasteiger partial charge is 0.305 e. The van der Waals surface area contributed by atoms with Crippen LogP contribution in [0.15, 0.2) is 36.5 Å². The molecule has 4 heteroatoms. The van der Waals surface area contributed by atoms with Crippen LogP contribution in [0.5, 0.6) is 0 Å². The van der Waals surface area contributed by atoms with Gasteiger partial charge in [0.2, 0.25) is 0 Å². The number of nitrogens with zero attached hydrogens (tertiary/aromatic N) is 2. The van der Waals surface area contributed by atoms with Crippen molar-refractivity contribution in [2.24, 2.45) is 0 Å². The first-order chi connectivity index (χ1) is 9.77. The number of aryl methyl sites for hydroxylation is 1. The quantitative estimate of drug-likeness (QED) is 0.834. The Balaban J connectivity index is 2.38. The normalized spacial score (nSPS) is 12.6. The molecule has 108 valence electrons. The van der Waals surface area contributed by atoms with Crippen molar-refractivity contribution in [3.8, 4) is 0 Å². The lowest BCUT2D eigenvalue weighted by Crippen LogP contribution is -2.26. The molecule has 0 bridgehead atoms. The lowest BCUT2D eigenvalue weighted by molar-refractivity contribution is 0.512. The number of nitrogens with one attached hydrogen (secondary N) is 1. The van der Waals surface area contributed by atoms with E-state index in [-0.39, 0.29) is 6.04 Å². The Hall–Kier alpha value is -1.32. The predicted octanol–water partition coefficient (Wildman–Crippen LogP) is 4.04. The minimum Gasteiger partial charge on any atom is -0.305 e. The number of halogens is 1. The van der Waals surface area contributed by atoms with Crippen LogP contribution in [0.4, 0.5) is 0 Å². The van der Waals surface area contributed by atoms with E-state index in [4.69, 9.17) is 11.6 Å². The molecule has 20 heavy (non-hydrogen) atoms. The standard InChI is InChI=1S/C16H22ClN3/c1-3-10-18-15(13-8-6-5-7-9-13)16-14(17)12-19-20(16)11-4-2/h5-9,12,15,18H,3-4,10-11H2,1-2H3.